The lowest BCUT2D eigenvalue weighted by atomic mass is 10.2. The molecule has 4 heteroatoms. The molecule has 17 heavy (non-hydrogen) atoms. The lowest BCUT2D eigenvalue weighted by Crippen LogP contribution is -2.27. The van der Waals surface area contributed by atoms with Gasteiger partial charge in [-0.05, 0) is 39.0 Å². The number of terminal acetylenes is 1. The first-order valence-electron chi connectivity index (χ1n) is 5.11. The topological polar surface area (TPSA) is 58.6 Å². The number of nitrogens with one attached hydrogen (secondary N) is 1. The first-order chi connectivity index (χ1) is 7.81. The van der Waals surface area contributed by atoms with Gasteiger partial charge in [-0.25, -0.2) is 4.79 Å². The second-order valence-electron chi connectivity index (χ2n) is 4.50. The van der Waals surface area contributed by atoms with E-state index in [2.05, 4.69) is 11.2 Å². The van der Waals surface area contributed by atoms with Gasteiger partial charge in [0.15, 0.2) is 0 Å². The number of rotatable bonds is 1. The lowest BCUT2D eigenvalue weighted by molar-refractivity contribution is 0.0636. The highest BCUT2D eigenvalue weighted by Gasteiger charge is 2.16. The van der Waals surface area contributed by atoms with Crippen LogP contribution in [0.3, 0.4) is 0 Å². The number of ether oxygens (including phenoxy) is 1. The van der Waals surface area contributed by atoms with Gasteiger partial charge in [-0.2, -0.15) is 0 Å². The maximum Gasteiger partial charge on any atom is 0.412 e. The summed E-state index contributed by atoms with van der Waals surface area (Å²) in [6.45, 7) is 5.31. The summed E-state index contributed by atoms with van der Waals surface area (Å²) in [7, 11) is 0. The highest BCUT2D eigenvalue weighted by Crippen LogP contribution is 2.21. The van der Waals surface area contributed by atoms with E-state index in [4.69, 9.17) is 11.2 Å². The van der Waals surface area contributed by atoms with E-state index < -0.39 is 11.7 Å². The molecule has 0 radical (unpaired) electrons. The Kier molecular flexibility index (Phi) is 3.64. The Labute approximate surface area is 101 Å². The van der Waals surface area contributed by atoms with Crippen LogP contribution in [0.4, 0.5) is 10.5 Å². The largest absolute Gasteiger partial charge is 0.508 e. The van der Waals surface area contributed by atoms with E-state index in [1.54, 1.807) is 20.8 Å². The van der Waals surface area contributed by atoms with E-state index in [1.807, 2.05) is 0 Å². The highest BCUT2D eigenvalue weighted by molar-refractivity contribution is 5.87. The Morgan fingerprint density at radius 3 is 2.65 bits per heavy atom. The molecule has 90 valence electrons. The fourth-order valence-corrected chi connectivity index (χ4v) is 1.17. The Bertz CT molecular complexity index is 467. The van der Waals surface area contributed by atoms with Crippen molar-refractivity contribution in [1.29, 1.82) is 0 Å². The number of phenolic OH excluding ortho intramolecular Hbond substituents is 1. The molecule has 0 heterocycles. The van der Waals surface area contributed by atoms with Crippen LogP contribution in [0.5, 0.6) is 5.75 Å². The van der Waals surface area contributed by atoms with Crippen LogP contribution in [0, 0.1) is 12.3 Å². The summed E-state index contributed by atoms with van der Waals surface area (Å²) in [5, 5.41) is 11.8. The summed E-state index contributed by atoms with van der Waals surface area (Å²) in [5.41, 5.74) is 0.257. The average Bonchev–Trinajstić information content (AvgIpc) is 2.17. The summed E-state index contributed by atoms with van der Waals surface area (Å²) in [6, 6.07) is 4.36. The number of carbonyl (C=O) groups excluding carboxylic acids is 1. The third kappa shape index (κ3) is 4.07. The molecule has 0 aromatic heterocycles. The second-order valence-corrected chi connectivity index (χ2v) is 4.50. The second kappa shape index (κ2) is 4.79. The molecule has 0 aliphatic heterocycles. The molecule has 1 aromatic carbocycles. The minimum absolute atomic E-state index is 0.0488. The van der Waals surface area contributed by atoms with Crippen LogP contribution in [0.2, 0.25) is 0 Å². The smallest absolute Gasteiger partial charge is 0.412 e. The van der Waals surface area contributed by atoms with Gasteiger partial charge in [0.1, 0.15) is 11.4 Å². The highest BCUT2D eigenvalue weighted by atomic mass is 16.6. The molecule has 0 aliphatic carbocycles. The zero-order chi connectivity index (χ0) is 13.1. The molecule has 0 saturated heterocycles. The first kappa shape index (κ1) is 12.9. The number of hydrogen-bond donors (Lipinski definition) is 2. The Morgan fingerprint density at radius 2 is 2.12 bits per heavy atom. The van der Waals surface area contributed by atoms with Gasteiger partial charge in [-0.3, -0.25) is 5.32 Å². The minimum Gasteiger partial charge on any atom is -0.508 e. The van der Waals surface area contributed by atoms with Crippen LogP contribution >= 0.6 is 0 Å². The lowest BCUT2D eigenvalue weighted by Gasteiger charge is -2.20. The van der Waals surface area contributed by atoms with Crippen LogP contribution in [0.25, 0.3) is 0 Å². The van der Waals surface area contributed by atoms with Gasteiger partial charge in [0.2, 0.25) is 0 Å². The van der Waals surface area contributed by atoms with E-state index in [0.717, 1.165) is 0 Å². The summed E-state index contributed by atoms with van der Waals surface area (Å²) in [4.78, 5) is 11.5. The normalized spacial score (nSPS) is 10.5. The zero-order valence-corrected chi connectivity index (χ0v) is 10.1. The molecule has 0 spiro atoms. The number of phenols is 1. The fourth-order valence-electron chi connectivity index (χ4n) is 1.17. The van der Waals surface area contributed by atoms with Gasteiger partial charge < -0.3 is 9.84 Å². The van der Waals surface area contributed by atoms with Gasteiger partial charge >= 0.3 is 6.09 Å². The molecule has 1 aromatic rings. The van der Waals surface area contributed by atoms with Gasteiger partial charge in [-0.15, -0.1) is 6.42 Å². The molecular formula is C13H15NO3. The molecule has 1 amide bonds. The molecule has 0 saturated carbocycles. The molecule has 0 fully saturated rings. The van der Waals surface area contributed by atoms with Crippen LogP contribution in [0.15, 0.2) is 18.2 Å². The quantitative estimate of drug-likeness (QED) is 0.579. The number of aromatic hydroxyl groups is 1. The van der Waals surface area contributed by atoms with E-state index in [1.165, 1.54) is 18.2 Å². The predicted molar refractivity (Wildman–Crippen MR) is 65.9 cm³/mol. The summed E-state index contributed by atoms with van der Waals surface area (Å²) >= 11 is 0. The summed E-state index contributed by atoms with van der Waals surface area (Å²) < 4.78 is 5.09. The number of hydrogen-bond acceptors (Lipinski definition) is 3. The van der Waals surface area contributed by atoms with E-state index in [-0.39, 0.29) is 5.75 Å². The summed E-state index contributed by atoms with van der Waals surface area (Å²) in [5.74, 6) is 2.42. The van der Waals surface area contributed by atoms with Crippen molar-refractivity contribution in [1.82, 2.24) is 0 Å². The maximum atomic E-state index is 11.5. The monoisotopic (exact) mass is 233 g/mol. The van der Waals surface area contributed by atoms with Gasteiger partial charge in [0.25, 0.3) is 0 Å². The molecule has 0 aliphatic rings. The van der Waals surface area contributed by atoms with Crippen molar-refractivity contribution >= 4 is 11.8 Å². The summed E-state index contributed by atoms with van der Waals surface area (Å²) in [6.07, 6.45) is 4.69. The van der Waals surface area contributed by atoms with Crippen molar-refractivity contribution < 1.29 is 14.6 Å². The van der Waals surface area contributed by atoms with Crippen molar-refractivity contribution in [2.75, 3.05) is 5.32 Å². The number of amides is 1. The van der Waals surface area contributed by atoms with Crippen molar-refractivity contribution in [2.45, 2.75) is 26.4 Å². The standard InChI is InChI=1S/C13H15NO3/c1-5-9-8-10(15)6-7-11(9)14-12(16)17-13(2,3)4/h1,6-8,15H,2-4H3,(H,14,16). The van der Waals surface area contributed by atoms with Crippen molar-refractivity contribution in [3.05, 3.63) is 23.8 Å². The molecule has 2 N–H and O–H groups in total. The SMILES string of the molecule is C#Cc1cc(O)ccc1NC(=O)OC(C)(C)C. The number of benzene rings is 1. The van der Waals surface area contributed by atoms with Crippen molar-refractivity contribution in [3.8, 4) is 18.1 Å². The van der Waals surface area contributed by atoms with E-state index >= 15 is 0 Å². The Balaban J connectivity index is 2.83. The van der Waals surface area contributed by atoms with Crippen LogP contribution in [-0.2, 0) is 4.74 Å². The Hall–Kier alpha value is -2.15. The Morgan fingerprint density at radius 1 is 1.47 bits per heavy atom. The third-order valence-electron chi connectivity index (χ3n) is 1.79. The van der Waals surface area contributed by atoms with Gasteiger partial charge in [-0.1, -0.05) is 5.92 Å². The minimum atomic E-state index is -0.584. The van der Waals surface area contributed by atoms with Crippen molar-refractivity contribution in [3.63, 3.8) is 0 Å². The van der Waals surface area contributed by atoms with Gasteiger partial charge in [0.05, 0.1) is 11.3 Å². The van der Waals surface area contributed by atoms with Crippen LogP contribution < -0.4 is 5.32 Å². The maximum absolute atomic E-state index is 11.5. The molecule has 0 bridgehead atoms. The van der Waals surface area contributed by atoms with Gasteiger partial charge in [0, 0.05) is 0 Å². The van der Waals surface area contributed by atoms with Crippen molar-refractivity contribution in [2.24, 2.45) is 0 Å². The fraction of sp³-hybridized carbons (Fsp3) is 0.308. The first-order valence-corrected chi connectivity index (χ1v) is 5.11. The van der Waals surface area contributed by atoms with Crippen LogP contribution in [-0.4, -0.2) is 16.8 Å². The van der Waals surface area contributed by atoms with E-state index in [0.29, 0.717) is 11.3 Å². The molecule has 1 rings (SSSR count). The molecular weight excluding hydrogens is 218 g/mol. The predicted octanol–water partition coefficient (Wildman–Crippen LogP) is 2.72. The molecule has 0 atom stereocenters. The molecule has 4 nitrogen and oxygen atoms in total. The molecule has 0 unspecified atom stereocenters. The number of anilines is 1. The number of carbonyl (C=O) groups is 1. The zero-order valence-electron chi connectivity index (χ0n) is 10.1. The average molecular weight is 233 g/mol. The van der Waals surface area contributed by atoms with Crippen LogP contribution in [0.1, 0.15) is 26.3 Å². The third-order valence-corrected chi connectivity index (χ3v) is 1.79. The van der Waals surface area contributed by atoms with E-state index in [9.17, 15) is 9.90 Å².